The van der Waals surface area contributed by atoms with Gasteiger partial charge in [-0.2, -0.15) is 5.10 Å². The van der Waals surface area contributed by atoms with Crippen molar-refractivity contribution < 1.29 is 9.53 Å². The van der Waals surface area contributed by atoms with Crippen LogP contribution in [0.5, 0.6) is 0 Å². The molecule has 6 nitrogen and oxygen atoms in total. The zero-order valence-corrected chi connectivity index (χ0v) is 13.4. The Hall–Kier alpha value is -1.92. The van der Waals surface area contributed by atoms with Crippen molar-refractivity contribution in [3.05, 3.63) is 42.4 Å². The van der Waals surface area contributed by atoms with Crippen molar-refractivity contribution in [1.29, 1.82) is 0 Å². The van der Waals surface area contributed by atoms with Gasteiger partial charge in [-0.25, -0.2) is 9.67 Å². The number of aromatic nitrogens is 3. The molecule has 2 aromatic rings. The number of hydrogen-bond acceptors (Lipinski definition) is 4. The van der Waals surface area contributed by atoms with E-state index >= 15 is 0 Å². The Morgan fingerprint density at radius 3 is 2.73 bits per heavy atom. The van der Waals surface area contributed by atoms with Crippen molar-refractivity contribution in [3.63, 3.8) is 0 Å². The quantitative estimate of drug-likeness (QED) is 0.861. The Balaban J connectivity index is 0.00000176. The second-order valence-corrected chi connectivity index (χ2v) is 5.82. The first-order valence-electron chi connectivity index (χ1n) is 6.87. The summed E-state index contributed by atoms with van der Waals surface area (Å²) in [4.78, 5) is 18.4. The lowest BCUT2D eigenvalue weighted by Crippen LogP contribution is -2.49. The maximum absolute atomic E-state index is 12.4. The molecule has 3 rings (SSSR count). The molecule has 1 aliphatic heterocycles. The number of pyridine rings is 1. The highest BCUT2D eigenvalue weighted by Gasteiger charge is 2.35. The van der Waals surface area contributed by atoms with Gasteiger partial charge in [0, 0.05) is 37.6 Å². The van der Waals surface area contributed by atoms with Crippen LogP contribution < -0.4 is 0 Å². The van der Waals surface area contributed by atoms with Crippen LogP contribution >= 0.6 is 12.4 Å². The predicted molar refractivity (Wildman–Crippen MR) is 84.5 cm³/mol. The predicted octanol–water partition coefficient (Wildman–Crippen LogP) is 1.80. The number of ether oxygens (including phenoxy) is 1. The van der Waals surface area contributed by atoms with Gasteiger partial charge in [0.1, 0.15) is 0 Å². The Morgan fingerprint density at radius 2 is 2.23 bits per heavy atom. The Labute approximate surface area is 135 Å². The van der Waals surface area contributed by atoms with Crippen molar-refractivity contribution in [1.82, 2.24) is 19.7 Å². The Morgan fingerprint density at radius 1 is 1.45 bits per heavy atom. The zero-order chi connectivity index (χ0) is 14.9. The van der Waals surface area contributed by atoms with Gasteiger partial charge < -0.3 is 9.64 Å². The highest BCUT2D eigenvalue weighted by atomic mass is 35.5. The van der Waals surface area contributed by atoms with Crippen LogP contribution in [0.1, 0.15) is 17.3 Å². The average molecular weight is 323 g/mol. The van der Waals surface area contributed by atoms with Gasteiger partial charge in [0.25, 0.3) is 5.91 Å². The van der Waals surface area contributed by atoms with Crippen molar-refractivity contribution in [2.75, 3.05) is 26.8 Å². The molecular formula is C15H19ClN4O2. The molecule has 0 atom stereocenters. The Bertz CT molecular complexity index is 624. The lowest BCUT2D eigenvalue weighted by atomic mass is 9.88. The van der Waals surface area contributed by atoms with Crippen LogP contribution in [0.2, 0.25) is 0 Å². The molecule has 1 aliphatic rings. The molecule has 1 fully saturated rings. The standard InChI is InChI=1S/C15H18N4O2.ClH/c1-15(10-21-11-15)9-18(2)14(20)12-4-5-13(16-8-12)19-7-3-6-17-19;/h3-8H,9-11H2,1-2H3;1H. The fourth-order valence-electron chi connectivity index (χ4n) is 2.46. The topological polar surface area (TPSA) is 60.2 Å². The first-order valence-corrected chi connectivity index (χ1v) is 6.87. The van der Waals surface area contributed by atoms with Crippen LogP contribution in [-0.4, -0.2) is 52.4 Å². The van der Waals surface area contributed by atoms with Crippen LogP contribution in [0, 0.1) is 5.41 Å². The monoisotopic (exact) mass is 322 g/mol. The first-order chi connectivity index (χ1) is 10.1. The third-order valence-corrected chi connectivity index (χ3v) is 3.60. The van der Waals surface area contributed by atoms with Crippen LogP contribution in [-0.2, 0) is 4.74 Å². The van der Waals surface area contributed by atoms with Crippen molar-refractivity contribution >= 4 is 18.3 Å². The van der Waals surface area contributed by atoms with Gasteiger partial charge in [-0.05, 0) is 18.2 Å². The lowest BCUT2D eigenvalue weighted by Gasteiger charge is -2.40. The second-order valence-electron chi connectivity index (χ2n) is 5.82. The van der Waals surface area contributed by atoms with E-state index in [2.05, 4.69) is 17.0 Å². The van der Waals surface area contributed by atoms with Crippen molar-refractivity contribution in [3.8, 4) is 5.82 Å². The number of hydrogen-bond donors (Lipinski definition) is 0. The molecule has 0 spiro atoms. The fourth-order valence-corrected chi connectivity index (χ4v) is 2.46. The number of amides is 1. The number of carbonyl (C=O) groups is 1. The summed E-state index contributed by atoms with van der Waals surface area (Å²) >= 11 is 0. The summed E-state index contributed by atoms with van der Waals surface area (Å²) in [5.41, 5.74) is 0.657. The van der Waals surface area contributed by atoms with E-state index in [4.69, 9.17) is 4.74 Å². The average Bonchev–Trinajstić information content (AvgIpc) is 2.99. The summed E-state index contributed by atoms with van der Waals surface area (Å²) in [6.45, 7) is 4.23. The third kappa shape index (κ3) is 3.28. The molecule has 118 valence electrons. The molecule has 0 bridgehead atoms. The van der Waals surface area contributed by atoms with Gasteiger partial charge in [-0.3, -0.25) is 4.79 Å². The van der Waals surface area contributed by atoms with Gasteiger partial charge in [-0.15, -0.1) is 12.4 Å². The summed E-state index contributed by atoms with van der Waals surface area (Å²) in [7, 11) is 1.81. The third-order valence-electron chi connectivity index (χ3n) is 3.60. The van der Waals surface area contributed by atoms with Crippen molar-refractivity contribution in [2.24, 2.45) is 5.41 Å². The van der Waals surface area contributed by atoms with Crippen LogP contribution in [0.4, 0.5) is 0 Å². The SMILES string of the molecule is CN(CC1(C)COC1)C(=O)c1ccc(-n2cccn2)nc1.Cl. The van der Waals surface area contributed by atoms with E-state index in [1.54, 1.807) is 34.1 Å². The second kappa shape index (κ2) is 6.46. The molecular weight excluding hydrogens is 304 g/mol. The van der Waals surface area contributed by atoms with E-state index in [-0.39, 0.29) is 23.7 Å². The minimum Gasteiger partial charge on any atom is -0.380 e. The molecule has 0 radical (unpaired) electrons. The summed E-state index contributed by atoms with van der Waals surface area (Å²) < 4.78 is 6.88. The number of rotatable bonds is 4. The smallest absolute Gasteiger partial charge is 0.255 e. The van der Waals surface area contributed by atoms with Crippen LogP contribution in [0.3, 0.4) is 0 Å². The maximum atomic E-state index is 12.4. The zero-order valence-electron chi connectivity index (χ0n) is 12.6. The molecule has 1 amide bonds. The number of halogens is 1. The molecule has 0 aliphatic carbocycles. The number of carbonyl (C=O) groups excluding carboxylic acids is 1. The van der Waals surface area contributed by atoms with E-state index in [9.17, 15) is 4.79 Å². The van der Waals surface area contributed by atoms with Gasteiger partial charge in [0.05, 0.1) is 18.8 Å². The van der Waals surface area contributed by atoms with Crippen LogP contribution in [0.25, 0.3) is 5.82 Å². The van der Waals surface area contributed by atoms with Gasteiger partial charge >= 0.3 is 0 Å². The molecule has 1 saturated heterocycles. The molecule has 22 heavy (non-hydrogen) atoms. The van der Waals surface area contributed by atoms with Crippen molar-refractivity contribution in [2.45, 2.75) is 6.92 Å². The molecule has 0 aromatic carbocycles. The first kappa shape index (κ1) is 16.5. The minimum atomic E-state index is -0.0253. The summed E-state index contributed by atoms with van der Waals surface area (Å²) in [5.74, 6) is 0.668. The molecule has 0 saturated carbocycles. The highest BCUT2D eigenvalue weighted by molar-refractivity contribution is 5.93. The highest BCUT2D eigenvalue weighted by Crippen LogP contribution is 2.27. The van der Waals surface area contributed by atoms with E-state index in [1.807, 2.05) is 19.3 Å². The summed E-state index contributed by atoms with van der Waals surface area (Å²) in [6, 6.07) is 5.40. The molecule has 0 N–H and O–H groups in total. The lowest BCUT2D eigenvalue weighted by molar-refractivity contribution is -0.109. The van der Waals surface area contributed by atoms with Gasteiger partial charge in [0.15, 0.2) is 5.82 Å². The fraction of sp³-hybridized carbons (Fsp3) is 0.400. The summed E-state index contributed by atoms with van der Waals surface area (Å²) in [6.07, 6.45) is 5.10. The van der Waals surface area contributed by atoms with Crippen LogP contribution in [0.15, 0.2) is 36.8 Å². The van der Waals surface area contributed by atoms with E-state index in [0.717, 1.165) is 0 Å². The van der Waals surface area contributed by atoms with E-state index in [1.165, 1.54) is 0 Å². The summed E-state index contributed by atoms with van der Waals surface area (Å²) in [5, 5.41) is 4.11. The molecule has 7 heteroatoms. The Kier molecular flexibility index (Phi) is 4.83. The van der Waals surface area contributed by atoms with E-state index < -0.39 is 0 Å². The maximum Gasteiger partial charge on any atom is 0.255 e. The molecule has 2 aromatic heterocycles. The van der Waals surface area contributed by atoms with E-state index in [0.29, 0.717) is 31.1 Å². The normalized spacial score (nSPS) is 15.5. The van der Waals surface area contributed by atoms with Gasteiger partial charge in [-0.1, -0.05) is 6.92 Å². The number of nitrogens with zero attached hydrogens (tertiary/aromatic N) is 4. The minimum absolute atomic E-state index is 0. The molecule has 3 heterocycles. The molecule has 0 unspecified atom stereocenters. The largest absolute Gasteiger partial charge is 0.380 e. The van der Waals surface area contributed by atoms with Gasteiger partial charge in [0.2, 0.25) is 0 Å².